The second kappa shape index (κ2) is 12.2. The SMILES string of the molecule is c1ccc(-c2ccccc2N(c2cccc(-c3cccc4c5ccccc5n(-c5ccccc5)c34)c2)c2cccc3c2sc2ccccc23)cc1. The highest BCUT2D eigenvalue weighted by molar-refractivity contribution is 7.26. The van der Waals surface area contributed by atoms with Gasteiger partial charge in [-0.2, -0.15) is 0 Å². The number of fused-ring (bicyclic) bond motifs is 6. The van der Waals surface area contributed by atoms with E-state index >= 15 is 0 Å². The van der Waals surface area contributed by atoms with Crippen molar-refractivity contribution in [3.63, 3.8) is 0 Å². The van der Waals surface area contributed by atoms with E-state index in [2.05, 4.69) is 204 Å². The lowest BCUT2D eigenvalue weighted by atomic mass is 9.99. The quantitative estimate of drug-likeness (QED) is 0.171. The molecule has 2 aromatic heterocycles. The molecule has 0 aliphatic carbocycles. The third-order valence-corrected chi connectivity index (χ3v) is 11.2. The summed E-state index contributed by atoms with van der Waals surface area (Å²) in [4.78, 5) is 2.47. The van der Waals surface area contributed by atoms with E-state index < -0.39 is 0 Å². The molecule has 0 saturated heterocycles. The van der Waals surface area contributed by atoms with E-state index in [-0.39, 0.29) is 0 Å². The van der Waals surface area contributed by atoms with E-state index in [9.17, 15) is 0 Å². The first kappa shape index (κ1) is 29.5. The molecule has 0 aliphatic rings. The van der Waals surface area contributed by atoms with Crippen molar-refractivity contribution in [1.29, 1.82) is 0 Å². The van der Waals surface area contributed by atoms with Crippen LogP contribution in [0.1, 0.15) is 0 Å². The highest BCUT2D eigenvalue weighted by Gasteiger charge is 2.22. The maximum Gasteiger partial charge on any atom is 0.0640 e. The molecule has 0 unspecified atom stereocenters. The third kappa shape index (κ3) is 4.85. The topological polar surface area (TPSA) is 8.17 Å². The molecule has 51 heavy (non-hydrogen) atoms. The first-order chi connectivity index (χ1) is 25.3. The lowest BCUT2D eigenvalue weighted by Crippen LogP contribution is -2.11. The molecule has 0 bridgehead atoms. The fraction of sp³-hybridized carbons (Fsp3) is 0. The maximum atomic E-state index is 2.47. The number of para-hydroxylation sites is 4. The van der Waals surface area contributed by atoms with Gasteiger partial charge in [0, 0.05) is 48.7 Å². The zero-order chi connectivity index (χ0) is 33.7. The smallest absolute Gasteiger partial charge is 0.0640 e. The van der Waals surface area contributed by atoms with Gasteiger partial charge in [-0.1, -0.05) is 146 Å². The van der Waals surface area contributed by atoms with Crippen molar-refractivity contribution in [2.75, 3.05) is 4.90 Å². The van der Waals surface area contributed by atoms with Crippen LogP contribution in [-0.2, 0) is 0 Å². The first-order valence-corrected chi connectivity index (χ1v) is 18.2. The Bertz CT molecular complexity index is 2860. The molecule has 10 rings (SSSR count). The van der Waals surface area contributed by atoms with Gasteiger partial charge in [0.05, 0.1) is 27.1 Å². The van der Waals surface area contributed by atoms with E-state index in [1.807, 2.05) is 11.3 Å². The summed E-state index contributed by atoms with van der Waals surface area (Å²) >= 11 is 1.87. The Morgan fingerprint density at radius 3 is 1.90 bits per heavy atom. The molecule has 3 heteroatoms. The minimum atomic E-state index is 1.11. The standard InChI is InChI=1S/C48H32N2S/c1-3-16-33(17-4-1)37-22-7-10-28-43(37)49(45-30-15-27-42-40-24-9-12-31-46(40)51-48(42)45)36-21-13-18-34(32-36)38-25-14-26-41-39-23-8-11-29-44(39)50(47(38)41)35-19-5-2-6-20-35/h1-32H. The monoisotopic (exact) mass is 668 g/mol. The Labute approximate surface area is 300 Å². The van der Waals surface area contributed by atoms with E-state index in [4.69, 9.17) is 0 Å². The molecular formula is C48H32N2S. The lowest BCUT2D eigenvalue weighted by Gasteiger charge is -2.29. The van der Waals surface area contributed by atoms with Crippen LogP contribution in [-0.4, -0.2) is 4.57 Å². The number of aromatic nitrogens is 1. The Morgan fingerprint density at radius 2 is 1.02 bits per heavy atom. The summed E-state index contributed by atoms with van der Waals surface area (Å²) < 4.78 is 5.00. The van der Waals surface area contributed by atoms with Crippen molar-refractivity contribution in [2.24, 2.45) is 0 Å². The zero-order valence-corrected chi connectivity index (χ0v) is 28.6. The average molecular weight is 669 g/mol. The van der Waals surface area contributed by atoms with E-state index in [0.717, 1.165) is 17.1 Å². The summed E-state index contributed by atoms with van der Waals surface area (Å²) in [6.45, 7) is 0. The van der Waals surface area contributed by atoms with Crippen LogP contribution in [0.5, 0.6) is 0 Å². The molecule has 8 aromatic carbocycles. The molecule has 0 saturated carbocycles. The number of rotatable bonds is 6. The van der Waals surface area contributed by atoms with Gasteiger partial charge >= 0.3 is 0 Å². The molecule has 0 aliphatic heterocycles. The minimum Gasteiger partial charge on any atom is -0.309 e. The minimum absolute atomic E-state index is 1.11. The van der Waals surface area contributed by atoms with Crippen molar-refractivity contribution in [2.45, 2.75) is 0 Å². The van der Waals surface area contributed by atoms with Crippen molar-refractivity contribution >= 4 is 70.4 Å². The summed E-state index contributed by atoms with van der Waals surface area (Å²) in [5.41, 5.74) is 11.7. The maximum absolute atomic E-state index is 2.47. The van der Waals surface area contributed by atoms with Gasteiger partial charge in [-0.05, 0) is 59.7 Å². The number of hydrogen-bond donors (Lipinski definition) is 0. The molecule has 2 heterocycles. The van der Waals surface area contributed by atoms with Gasteiger partial charge in [-0.25, -0.2) is 0 Å². The lowest BCUT2D eigenvalue weighted by molar-refractivity contribution is 1.18. The summed E-state index contributed by atoms with van der Waals surface area (Å²) in [5.74, 6) is 0. The van der Waals surface area contributed by atoms with E-state index in [0.29, 0.717) is 0 Å². The predicted molar refractivity (Wildman–Crippen MR) is 219 cm³/mol. The number of benzene rings is 8. The normalized spacial score (nSPS) is 11.5. The van der Waals surface area contributed by atoms with Gasteiger partial charge in [0.1, 0.15) is 0 Å². The third-order valence-electron chi connectivity index (χ3n) is 9.98. The molecule has 2 nitrogen and oxygen atoms in total. The Balaban J connectivity index is 1.25. The number of anilines is 3. The Hall–Kier alpha value is -6.42. The van der Waals surface area contributed by atoms with E-state index in [1.54, 1.807) is 0 Å². The van der Waals surface area contributed by atoms with Crippen LogP contribution >= 0.6 is 11.3 Å². The number of hydrogen-bond acceptors (Lipinski definition) is 2. The van der Waals surface area contributed by atoms with Crippen molar-refractivity contribution in [3.8, 4) is 27.9 Å². The van der Waals surface area contributed by atoms with Crippen LogP contribution < -0.4 is 4.90 Å². The second-order valence-electron chi connectivity index (χ2n) is 12.9. The van der Waals surface area contributed by atoms with Gasteiger partial charge in [0.25, 0.3) is 0 Å². The first-order valence-electron chi connectivity index (χ1n) is 17.4. The molecule has 0 fully saturated rings. The van der Waals surface area contributed by atoms with Gasteiger partial charge in [0.2, 0.25) is 0 Å². The molecular weight excluding hydrogens is 637 g/mol. The van der Waals surface area contributed by atoms with Crippen LogP contribution in [0.4, 0.5) is 17.1 Å². The van der Waals surface area contributed by atoms with Gasteiger partial charge in [-0.3, -0.25) is 0 Å². The predicted octanol–water partition coefficient (Wildman–Crippen LogP) is 14.0. The average Bonchev–Trinajstić information content (AvgIpc) is 3.76. The number of thiophene rings is 1. The van der Waals surface area contributed by atoms with Gasteiger partial charge in [0.15, 0.2) is 0 Å². The Morgan fingerprint density at radius 1 is 0.412 bits per heavy atom. The fourth-order valence-corrected chi connectivity index (χ4v) is 8.96. The van der Waals surface area contributed by atoms with E-state index in [1.165, 1.54) is 69.9 Å². The Kier molecular flexibility index (Phi) is 7.04. The van der Waals surface area contributed by atoms with Crippen LogP contribution in [0.25, 0.3) is 69.9 Å². The van der Waals surface area contributed by atoms with Crippen LogP contribution in [0.2, 0.25) is 0 Å². The van der Waals surface area contributed by atoms with Crippen molar-refractivity contribution in [1.82, 2.24) is 4.57 Å². The molecule has 240 valence electrons. The molecule has 0 amide bonds. The highest BCUT2D eigenvalue weighted by atomic mass is 32.1. The highest BCUT2D eigenvalue weighted by Crippen LogP contribution is 2.48. The summed E-state index contributed by atoms with van der Waals surface area (Å²) in [6, 6.07) is 70.3. The molecule has 0 spiro atoms. The molecule has 0 N–H and O–H groups in total. The van der Waals surface area contributed by atoms with Gasteiger partial charge < -0.3 is 9.47 Å². The zero-order valence-electron chi connectivity index (χ0n) is 27.8. The van der Waals surface area contributed by atoms with Crippen LogP contribution in [0.15, 0.2) is 194 Å². The molecule has 10 aromatic rings. The van der Waals surface area contributed by atoms with Crippen molar-refractivity contribution < 1.29 is 0 Å². The molecule has 0 atom stereocenters. The number of nitrogens with zero attached hydrogens (tertiary/aromatic N) is 2. The largest absolute Gasteiger partial charge is 0.309 e. The summed E-state index contributed by atoms with van der Waals surface area (Å²) in [7, 11) is 0. The van der Waals surface area contributed by atoms with Crippen molar-refractivity contribution in [3.05, 3.63) is 194 Å². The molecule has 0 radical (unpaired) electrons. The van der Waals surface area contributed by atoms with Crippen LogP contribution in [0.3, 0.4) is 0 Å². The van der Waals surface area contributed by atoms with Crippen LogP contribution in [0, 0.1) is 0 Å². The van der Waals surface area contributed by atoms with Gasteiger partial charge in [-0.15, -0.1) is 11.3 Å². The summed E-state index contributed by atoms with van der Waals surface area (Å²) in [6.07, 6.45) is 0. The summed E-state index contributed by atoms with van der Waals surface area (Å²) in [5, 5.41) is 5.08. The fourth-order valence-electron chi connectivity index (χ4n) is 7.76. The second-order valence-corrected chi connectivity index (χ2v) is 14.0.